The van der Waals surface area contributed by atoms with Crippen LogP contribution in [0.5, 0.6) is 5.88 Å². The quantitative estimate of drug-likeness (QED) is 0.736. The third kappa shape index (κ3) is 2.71. The molecule has 1 unspecified atom stereocenters. The molecule has 0 aromatic carbocycles. The smallest absolute Gasteiger partial charge is 0.213 e. The predicted octanol–water partition coefficient (Wildman–Crippen LogP) is 3.56. The third-order valence-corrected chi connectivity index (χ3v) is 3.22. The van der Waals surface area contributed by atoms with E-state index in [9.17, 15) is 0 Å². The Morgan fingerprint density at radius 3 is 2.67 bits per heavy atom. The van der Waals surface area contributed by atoms with E-state index in [1.165, 1.54) is 18.4 Å². The van der Waals surface area contributed by atoms with Gasteiger partial charge in [-0.1, -0.05) is 27.2 Å². The standard InChI is InChI=1S/C13H21NO/c1-5-8-13(3,6-2)11-7-9-14-12(10-11)15-4/h7,9-10H,5-6,8H2,1-4H3. The monoisotopic (exact) mass is 207 g/mol. The molecule has 0 amide bonds. The molecule has 0 saturated heterocycles. The van der Waals surface area contributed by atoms with Crippen molar-refractivity contribution in [3.8, 4) is 5.88 Å². The van der Waals surface area contributed by atoms with Gasteiger partial charge in [-0.2, -0.15) is 0 Å². The minimum Gasteiger partial charge on any atom is -0.481 e. The Hall–Kier alpha value is -1.05. The van der Waals surface area contributed by atoms with E-state index in [1.54, 1.807) is 7.11 Å². The van der Waals surface area contributed by atoms with Crippen molar-refractivity contribution in [3.05, 3.63) is 23.9 Å². The first-order valence-corrected chi connectivity index (χ1v) is 5.66. The van der Waals surface area contributed by atoms with Crippen LogP contribution >= 0.6 is 0 Å². The number of hydrogen-bond donors (Lipinski definition) is 0. The number of pyridine rings is 1. The zero-order valence-electron chi connectivity index (χ0n) is 10.2. The lowest BCUT2D eigenvalue weighted by Gasteiger charge is -2.28. The molecule has 0 spiro atoms. The van der Waals surface area contributed by atoms with Gasteiger partial charge in [0.05, 0.1) is 7.11 Å². The Morgan fingerprint density at radius 1 is 1.40 bits per heavy atom. The molecule has 2 heteroatoms. The molecule has 0 N–H and O–H groups in total. The van der Waals surface area contributed by atoms with Crippen molar-refractivity contribution < 1.29 is 4.74 Å². The first-order valence-electron chi connectivity index (χ1n) is 5.66. The first-order chi connectivity index (χ1) is 7.16. The van der Waals surface area contributed by atoms with Gasteiger partial charge in [0.1, 0.15) is 0 Å². The predicted molar refractivity (Wildman–Crippen MR) is 63.3 cm³/mol. The summed E-state index contributed by atoms with van der Waals surface area (Å²) in [5.74, 6) is 0.711. The highest BCUT2D eigenvalue weighted by molar-refractivity contribution is 5.27. The van der Waals surface area contributed by atoms with Crippen LogP contribution in [0.2, 0.25) is 0 Å². The van der Waals surface area contributed by atoms with Gasteiger partial charge in [-0.15, -0.1) is 0 Å². The molecule has 1 aromatic rings. The summed E-state index contributed by atoms with van der Waals surface area (Å²) in [6, 6.07) is 4.15. The largest absolute Gasteiger partial charge is 0.481 e. The van der Waals surface area contributed by atoms with Gasteiger partial charge in [-0.05, 0) is 29.9 Å². The molecule has 2 nitrogen and oxygen atoms in total. The van der Waals surface area contributed by atoms with Crippen LogP contribution in [0.25, 0.3) is 0 Å². The van der Waals surface area contributed by atoms with Crippen molar-refractivity contribution in [2.45, 2.75) is 45.4 Å². The summed E-state index contributed by atoms with van der Waals surface area (Å²) >= 11 is 0. The number of methoxy groups -OCH3 is 1. The van der Waals surface area contributed by atoms with Crippen molar-refractivity contribution in [1.29, 1.82) is 0 Å². The summed E-state index contributed by atoms with van der Waals surface area (Å²) in [4.78, 5) is 4.14. The van der Waals surface area contributed by atoms with Crippen molar-refractivity contribution in [1.82, 2.24) is 4.98 Å². The van der Waals surface area contributed by atoms with Crippen LogP contribution in [0.15, 0.2) is 18.3 Å². The van der Waals surface area contributed by atoms with Gasteiger partial charge in [-0.3, -0.25) is 0 Å². The Kier molecular flexibility index (Phi) is 4.13. The Balaban J connectivity index is 3.00. The second kappa shape index (κ2) is 5.15. The normalized spacial score (nSPS) is 14.7. The minimum atomic E-state index is 0.255. The number of ether oxygens (including phenoxy) is 1. The van der Waals surface area contributed by atoms with Crippen molar-refractivity contribution in [2.75, 3.05) is 7.11 Å². The molecule has 15 heavy (non-hydrogen) atoms. The molecule has 1 heterocycles. The average Bonchev–Trinajstić information content (AvgIpc) is 2.29. The molecular formula is C13H21NO. The summed E-state index contributed by atoms with van der Waals surface area (Å²) in [7, 11) is 1.66. The lowest BCUT2D eigenvalue weighted by Crippen LogP contribution is -2.20. The molecule has 0 bridgehead atoms. The maximum Gasteiger partial charge on any atom is 0.213 e. The SMILES string of the molecule is CCCC(C)(CC)c1ccnc(OC)c1. The molecule has 1 rings (SSSR count). The van der Waals surface area contributed by atoms with Gasteiger partial charge in [0, 0.05) is 12.3 Å². The topological polar surface area (TPSA) is 22.1 Å². The minimum absolute atomic E-state index is 0.255. The first kappa shape index (κ1) is 12.0. The van der Waals surface area contributed by atoms with E-state index in [2.05, 4.69) is 37.9 Å². The summed E-state index contributed by atoms with van der Waals surface area (Å²) in [6.45, 7) is 6.78. The fourth-order valence-electron chi connectivity index (χ4n) is 1.97. The Morgan fingerprint density at radius 2 is 2.13 bits per heavy atom. The second-order valence-corrected chi connectivity index (χ2v) is 4.25. The summed E-state index contributed by atoms with van der Waals surface area (Å²) < 4.78 is 5.16. The van der Waals surface area contributed by atoms with Gasteiger partial charge in [0.2, 0.25) is 5.88 Å². The molecular weight excluding hydrogens is 186 g/mol. The van der Waals surface area contributed by atoms with Crippen LogP contribution in [0, 0.1) is 0 Å². The van der Waals surface area contributed by atoms with Crippen molar-refractivity contribution in [3.63, 3.8) is 0 Å². The van der Waals surface area contributed by atoms with Crippen LogP contribution in [0.1, 0.15) is 45.6 Å². The number of hydrogen-bond acceptors (Lipinski definition) is 2. The highest BCUT2D eigenvalue weighted by atomic mass is 16.5. The summed E-state index contributed by atoms with van der Waals surface area (Å²) in [5, 5.41) is 0. The van der Waals surface area contributed by atoms with Gasteiger partial charge in [0.25, 0.3) is 0 Å². The maximum atomic E-state index is 5.16. The molecule has 84 valence electrons. The molecule has 0 radical (unpaired) electrons. The molecule has 0 fully saturated rings. The highest BCUT2D eigenvalue weighted by Crippen LogP contribution is 2.33. The fourth-order valence-corrected chi connectivity index (χ4v) is 1.97. The van der Waals surface area contributed by atoms with Crippen LogP contribution in [-0.2, 0) is 5.41 Å². The summed E-state index contributed by atoms with van der Waals surface area (Å²) in [6.07, 6.45) is 5.39. The van der Waals surface area contributed by atoms with Crippen LogP contribution < -0.4 is 4.74 Å². The molecule has 0 aliphatic carbocycles. The Labute approximate surface area is 92.7 Å². The lowest BCUT2D eigenvalue weighted by atomic mass is 9.77. The zero-order valence-corrected chi connectivity index (χ0v) is 10.2. The van der Waals surface area contributed by atoms with Gasteiger partial charge < -0.3 is 4.74 Å². The number of rotatable bonds is 5. The van der Waals surface area contributed by atoms with Gasteiger partial charge >= 0.3 is 0 Å². The van der Waals surface area contributed by atoms with E-state index in [-0.39, 0.29) is 5.41 Å². The Bertz CT molecular complexity index is 311. The van der Waals surface area contributed by atoms with Crippen LogP contribution in [0.4, 0.5) is 0 Å². The van der Waals surface area contributed by atoms with E-state index in [1.807, 2.05) is 6.20 Å². The third-order valence-electron chi connectivity index (χ3n) is 3.22. The van der Waals surface area contributed by atoms with Crippen molar-refractivity contribution >= 4 is 0 Å². The second-order valence-electron chi connectivity index (χ2n) is 4.25. The number of nitrogens with zero attached hydrogens (tertiary/aromatic N) is 1. The van der Waals surface area contributed by atoms with Gasteiger partial charge in [0.15, 0.2) is 0 Å². The van der Waals surface area contributed by atoms with Crippen molar-refractivity contribution in [2.24, 2.45) is 0 Å². The molecule has 0 aliphatic heterocycles. The van der Waals surface area contributed by atoms with E-state index < -0.39 is 0 Å². The molecule has 0 aliphatic rings. The highest BCUT2D eigenvalue weighted by Gasteiger charge is 2.23. The molecule has 0 saturated carbocycles. The maximum absolute atomic E-state index is 5.16. The van der Waals surface area contributed by atoms with E-state index in [4.69, 9.17) is 4.74 Å². The van der Waals surface area contributed by atoms with Gasteiger partial charge in [-0.25, -0.2) is 4.98 Å². The van der Waals surface area contributed by atoms with Crippen LogP contribution in [-0.4, -0.2) is 12.1 Å². The zero-order chi connectivity index (χ0) is 11.3. The average molecular weight is 207 g/mol. The van der Waals surface area contributed by atoms with E-state index in [0.29, 0.717) is 5.88 Å². The molecule has 1 aromatic heterocycles. The van der Waals surface area contributed by atoms with E-state index >= 15 is 0 Å². The van der Waals surface area contributed by atoms with Crippen LogP contribution in [0.3, 0.4) is 0 Å². The van der Waals surface area contributed by atoms with E-state index in [0.717, 1.165) is 6.42 Å². The summed E-state index contributed by atoms with van der Waals surface area (Å²) in [5.41, 5.74) is 1.59. The fraction of sp³-hybridized carbons (Fsp3) is 0.615. The molecule has 1 atom stereocenters. The lowest BCUT2D eigenvalue weighted by molar-refractivity contribution is 0.385. The number of aromatic nitrogens is 1.